The van der Waals surface area contributed by atoms with Crippen molar-refractivity contribution in [3.05, 3.63) is 35.4 Å². The summed E-state index contributed by atoms with van der Waals surface area (Å²) in [7, 11) is 0. The Morgan fingerprint density at radius 1 is 1.35 bits per heavy atom. The van der Waals surface area contributed by atoms with Gasteiger partial charge in [-0.2, -0.15) is 11.8 Å². The summed E-state index contributed by atoms with van der Waals surface area (Å²) in [6, 6.07) is 8.08. The number of nitrogens with two attached hydrogens (primary N) is 1. The number of thioether (sulfide) groups is 1. The van der Waals surface area contributed by atoms with Crippen molar-refractivity contribution in [2.24, 2.45) is 5.73 Å². The van der Waals surface area contributed by atoms with E-state index in [1.807, 2.05) is 36.0 Å². The molecule has 0 radical (unpaired) electrons. The molecular weight excluding hydrogens is 268 g/mol. The average Bonchev–Trinajstić information content (AvgIpc) is 2.48. The SMILES string of the molecule is CSC1CCCCC1NC(=O)c1ccccc1CCN. The molecule has 0 bridgehead atoms. The molecular formula is C16H24N2OS. The average molecular weight is 292 g/mol. The molecule has 0 heterocycles. The first-order chi connectivity index (χ1) is 9.76. The zero-order valence-corrected chi connectivity index (χ0v) is 12.9. The Morgan fingerprint density at radius 2 is 2.10 bits per heavy atom. The monoisotopic (exact) mass is 292 g/mol. The van der Waals surface area contributed by atoms with Gasteiger partial charge in [-0.1, -0.05) is 31.0 Å². The highest BCUT2D eigenvalue weighted by atomic mass is 32.2. The predicted octanol–water partition coefficient (Wildman–Crippen LogP) is 2.59. The van der Waals surface area contributed by atoms with Crippen LogP contribution in [-0.4, -0.2) is 30.0 Å². The molecule has 2 unspecified atom stereocenters. The fourth-order valence-electron chi connectivity index (χ4n) is 2.91. The molecule has 2 atom stereocenters. The van der Waals surface area contributed by atoms with Gasteiger partial charge < -0.3 is 11.1 Å². The van der Waals surface area contributed by atoms with Gasteiger partial charge in [0.15, 0.2) is 0 Å². The lowest BCUT2D eigenvalue weighted by atomic mass is 9.94. The summed E-state index contributed by atoms with van der Waals surface area (Å²) in [5.41, 5.74) is 7.45. The first kappa shape index (κ1) is 15.4. The second-order valence-electron chi connectivity index (χ2n) is 5.33. The van der Waals surface area contributed by atoms with E-state index in [9.17, 15) is 4.79 Å². The van der Waals surface area contributed by atoms with Crippen molar-refractivity contribution in [2.45, 2.75) is 43.4 Å². The lowest BCUT2D eigenvalue weighted by molar-refractivity contribution is 0.0928. The van der Waals surface area contributed by atoms with Crippen LogP contribution in [0.3, 0.4) is 0 Å². The van der Waals surface area contributed by atoms with Gasteiger partial charge in [0.05, 0.1) is 0 Å². The summed E-state index contributed by atoms with van der Waals surface area (Å²) in [5.74, 6) is 0.0556. The number of hydrogen-bond donors (Lipinski definition) is 2. The molecule has 1 fully saturated rings. The molecule has 1 aromatic rings. The van der Waals surface area contributed by atoms with Gasteiger partial charge in [-0.15, -0.1) is 0 Å². The predicted molar refractivity (Wildman–Crippen MR) is 86.2 cm³/mol. The molecule has 4 heteroatoms. The van der Waals surface area contributed by atoms with E-state index in [2.05, 4.69) is 11.6 Å². The van der Waals surface area contributed by atoms with Crippen LogP contribution in [0.15, 0.2) is 24.3 Å². The van der Waals surface area contributed by atoms with Gasteiger partial charge in [-0.3, -0.25) is 4.79 Å². The van der Waals surface area contributed by atoms with Crippen molar-refractivity contribution in [1.82, 2.24) is 5.32 Å². The maximum absolute atomic E-state index is 12.5. The molecule has 20 heavy (non-hydrogen) atoms. The van der Waals surface area contributed by atoms with Crippen molar-refractivity contribution in [3.63, 3.8) is 0 Å². The van der Waals surface area contributed by atoms with Gasteiger partial charge in [0.25, 0.3) is 5.91 Å². The van der Waals surface area contributed by atoms with E-state index in [1.54, 1.807) is 0 Å². The lowest BCUT2D eigenvalue weighted by Crippen LogP contribution is -2.44. The Labute approximate surface area is 125 Å². The summed E-state index contributed by atoms with van der Waals surface area (Å²) in [4.78, 5) is 12.5. The normalized spacial score (nSPS) is 22.5. The first-order valence-electron chi connectivity index (χ1n) is 7.38. The second kappa shape index (κ2) is 7.70. The third-order valence-corrected chi connectivity index (χ3v) is 5.17. The topological polar surface area (TPSA) is 55.1 Å². The summed E-state index contributed by atoms with van der Waals surface area (Å²) in [6.07, 6.45) is 7.68. The van der Waals surface area contributed by atoms with E-state index >= 15 is 0 Å². The third-order valence-electron chi connectivity index (χ3n) is 4.00. The van der Waals surface area contributed by atoms with Gasteiger partial charge in [0, 0.05) is 16.9 Å². The first-order valence-corrected chi connectivity index (χ1v) is 8.66. The van der Waals surface area contributed by atoms with Crippen LogP contribution in [0.2, 0.25) is 0 Å². The van der Waals surface area contributed by atoms with Crippen molar-refractivity contribution in [3.8, 4) is 0 Å². The molecule has 1 aliphatic rings. The van der Waals surface area contributed by atoms with Gasteiger partial charge in [0.2, 0.25) is 0 Å². The van der Waals surface area contributed by atoms with Gasteiger partial charge in [-0.05, 0) is 43.7 Å². The number of hydrogen-bond acceptors (Lipinski definition) is 3. The van der Waals surface area contributed by atoms with Crippen LogP contribution in [0.4, 0.5) is 0 Å². The molecule has 110 valence electrons. The molecule has 3 N–H and O–H groups in total. The molecule has 1 saturated carbocycles. The second-order valence-corrected chi connectivity index (χ2v) is 6.41. The highest BCUT2D eigenvalue weighted by molar-refractivity contribution is 7.99. The fourth-order valence-corrected chi connectivity index (χ4v) is 3.84. The van der Waals surface area contributed by atoms with Crippen molar-refractivity contribution >= 4 is 17.7 Å². The zero-order valence-electron chi connectivity index (χ0n) is 12.1. The number of nitrogens with one attached hydrogen (secondary N) is 1. The number of benzene rings is 1. The van der Waals surface area contributed by atoms with Gasteiger partial charge in [-0.25, -0.2) is 0 Å². The minimum absolute atomic E-state index is 0.0556. The summed E-state index contributed by atoms with van der Waals surface area (Å²) >= 11 is 1.87. The van der Waals surface area contributed by atoms with Crippen LogP contribution in [-0.2, 0) is 6.42 Å². The highest BCUT2D eigenvalue weighted by Crippen LogP contribution is 2.27. The summed E-state index contributed by atoms with van der Waals surface area (Å²) in [5, 5.41) is 3.78. The van der Waals surface area contributed by atoms with Crippen LogP contribution in [0.25, 0.3) is 0 Å². The van der Waals surface area contributed by atoms with Crippen LogP contribution in [0.1, 0.15) is 41.6 Å². The Balaban J connectivity index is 2.07. The zero-order chi connectivity index (χ0) is 14.4. The largest absolute Gasteiger partial charge is 0.348 e. The molecule has 0 aromatic heterocycles. The van der Waals surface area contributed by atoms with E-state index in [0.717, 1.165) is 24.0 Å². The van der Waals surface area contributed by atoms with Crippen LogP contribution in [0.5, 0.6) is 0 Å². The minimum Gasteiger partial charge on any atom is -0.348 e. The molecule has 3 nitrogen and oxygen atoms in total. The fraction of sp³-hybridized carbons (Fsp3) is 0.562. The van der Waals surface area contributed by atoms with E-state index < -0.39 is 0 Å². The van der Waals surface area contributed by atoms with Crippen molar-refractivity contribution in [1.29, 1.82) is 0 Å². The minimum atomic E-state index is 0.0556. The number of amides is 1. The van der Waals surface area contributed by atoms with Crippen LogP contribution in [0, 0.1) is 0 Å². The van der Waals surface area contributed by atoms with Crippen LogP contribution < -0.4 is 11.1 Å². The third kappa shape index (κ3) is 3.76. The van der Waals surface area contributed by atoms with Gasteiger partial charge in [0.1, 0.15) is 0 Å². The number of rotatable bonds is 5. The van der Waals surface area contributed by atoms with Crippen LogP contribution >= 0.6 is 11.8 Å². The highest BCUT2D eigenvalue weighted by Gasteiger charge is 2.26. The molecule has 1 aromatic carbocycles. The molecule has 0 spiro atoms. The maximum atomic E-state index is 12.5. The molecule has 1 amide bonds. The van der Waals surface area contributed by atoms with E-state index in [0.29, 0.717) is 17.8 Å². The quantitative estimate of drug-likeness (QED) is 0.877. The lowest BCUT2D eigenvalue weighted by Gasteiger charge is -2.31. The van der Waals surface area contributed by atoms with E-state index in [4.69, 9.17) is 5.73 Å². The Morgan fingerprint density at radius 3 is 2.85 bits per heavy atom. The van der Waals surface area contributed by atoms with E-state index in [-0.39, 0.29) is 5.91 Å². The van der Waals surface area contributed by atoms with E-state index in [1.165, 1.54) is 19.3 Å². The number of carbonyl (C=O) groups excluding carboxylic acids is 1. The maximum Gasteiger partial charge on any atom is 0.251 e. The Bertz CT molecular complexity index is 450. The molecule has 1 aliphatic carbocycles. The summed E-state index contributed by atoms with van der Waals surface area (Å²) in [6.45, 7) is 0.571. The summed E-state index contributed by atoms with van der Waals surface area (Å²) < 4.78 is 0. The molecule has 2 rings (SSSR count). The standard InChI is InChI=1S/C16H24N2OS/c1-20-15-9-5-4-8-14(15)18-16(19)13-7-3-2-6-12(13)10-11-17/h2-3,6-7,14-15H,4-5,8-11,17H2,1H3,(H,18,19). The van der Waals surface area contributed by atoms with Crippen molar-refractivity contribution < 1.29 is 4.79 Å². The Hall–Kier alpha value is -1.00. The molecule has 0 saturated heterocycles. The Kier molecular flexibility index (Phi) is 5.92. The van der Waals surface area contributed by atoms with Crippen molar-refractivity contribution in [2.75, 3.05) is 12.8 Å². The van der Waals surface area contributed by atoms with Gasteiger partial charge >= 0.3 is 0 Å². The molecule has 0 aliphatic heterocycles. The smallest absolute Gasteiger partial charge is 0.251 e. The number of carbonyl (C=O) groups is 1.